The molecule has 0 amide bonds. The zero-order valence-electron chi connectivity index (χ0n) is 10.9. The van der Waals surface area contributed by atoms with Gasteiger partial charge in [-0.1, -0.05) is 33.3 Å². The van der Waals surface area contributed by atoms with Crippen molar-refractivity contribution < 1.29 is 9.53 Å². The van der Waals surface area contributed by atoms with E-state index in [1.807, 2.05) is 6.92 Å². The standard InChI is InChI=1S/C14H24O2/c1-5-6-14(15)16-13-9-11(4)7-8-12(13)10(2)3/h5-6,10-13H,7-9H2,1-4H3. The van der Waals surface area contributed by atoms with E-state index in [0.29, 0.717) is 17.8 Å². The molecule has 0 spiro atoms. The first-order valence-electron chi connectivity index (χ1n) is 6.38. The Morgan fingerprint density at radius 1 is 1.38 bits per heavy atom. The summed E-state index contributed by atoms with van der Waals surface area (Å²) in [7, 11) is 0. The van der Waals surface area contributed by atoms with Crippen LogP contribution in [0.4, 0.5) is 0 Å². The highest BCUT2D eigenvalue weighted by molar-refractivity contribution is 5.81. The fraction of sp³-hybridized carbons (Fsp3) is 0.786. The van der Waals surface area contributed by atoms with Gasteiger partial charge in [0.15, 0.2) is 0 Å². The van der Waals surface area contributed by atoms with Crippen LogP contribution in [0.15, 0.2) is 12.2 Å². The van der Waals surface area contributed by atoms with Crippen LogP contribution in [0.3, 0.4) is 0 Å². The molecule has 3 unspecified atom stereocenters. The third-order valence-electron chi connectivity index (χ3n) is 3.53. The maximum absolute atomic E-state index is 11.5. The van der Waals surface area contributed by atoms with Crippen molar-refractivity contribution in [1.82, 2.24) is 0 Å². The van der Waals surface area contributed by atoms with Crippen LogP contribution in [0, 0.1) is 17.8 Å². The molecule has 0 bridgehead atoms. The first-order chi connectivity index (χ1) is 7.54. The molecular formula is C14H24O2. The van der Waals surface area contributed by atoms with Crippen molar-refractivity contribution in [2.24, 2.45) is 17.8 Å². The largest absolute Gasteiger partial charge is 0.459 e. The molecule has 0 aliphatic heterocycles. The zero-order chi connectivity index (χ0) is 12.1. The van der Waals surface area contributed by atoms with Crippen molar-refractivity contribution in [3.8, 4) is 0 Å². The monoisotopic (exact) mass is 224 g/mol. The van der Waals surface area contributed by atoms with Gasteiger partial charge in [-0.2, -0.15) is 0 Å². The van der Waals surface area contributed by atoms with Crippen LogP contribution >= 0.6 is 0 Å². The molecule has 1 aliphatic rings. The molecule has 1 aliphatic carbocycles. The van der Waals surface area contributed by atoms with E-state index in [1.165, 1.54) is 18.9 Å². The Balaban J connectivity index is 2.60. The van der Waals surface area contributed by atoms with E-state index in [-0.39, 0.29) is 12.1 Å². The molecule has 1 fully saturated rings. The van der Waals surface area contributed by atoms with Gasteiger partial charge in [0.2, 0.25) is 0 Å². The van der Waals surface area contributed by atoms with Gasteiger partial charge >= 0.3 is 5.97 Å². The molecule has 0 saturated heterocycles. The fourth-order valence-electron chi connectivity index (χ4n) is 2.57. The number of carbonyl (C=O) groups excluding carboxylic acids is 1. The van der Waals surface area contributed by atoms with E-state index in [0.717, 1.165) is 6.42 Å². The Morgan fingerprint density at radius 3 is 2.62 bits per heavy atom. The molecule has 2 heteroatoms. The summed E-state index contributed by atoms with van der Waals surface area (Å²) in [6.07, 6.45) is 6.84. The van der Waals surface area contributed by atoms with Crippen LogP contribution in [0.25, 0.3) is 0 Å². The Bertz CT molecular complexity index is 255. The first-order valence-corrected chi connectivity index (χ1v) is 6.38. The van der Waals surface area contributed by atoms with Crippen LogP contribution in [0.1, 0.15) is 47.0 Å². The summed E-state index contributed by atoms with van der Waals surface area (Å²) < 4.78 is 5.55. The summed E-state index contributed by atoms with van der Waals surface area (Å²) in [5.41, 5.74) is 0. The predicted octanol–water partition coefficient (Wildman–Crippen LogP) is 3.57. The van der Waals surface area contributed by atoms with Crippen molar-refractivity contribution >= 4 is 5.97 Å². The second kappa shape index (κ2) is 6.07. The van der Waals surface area contributed by atoms with Gasteiger partial charge in [0.1, 0.15) is 6.10 Å². The predicted molar refractivity (Wildman–Crippen MR) is 66.0 cm³/mol. The van der Waals surface area contributed by atoms with Crippen molar-refractivity contribution in [3.05, 3.63) is 12.2 Å². The van der Waals surface area contributed by atoms with Crippen molar-refractivity contribution in [3.63, 3.8) is 0 Å². The van der Waals surface area contributed by atoms with Gasteiger partial charge in [-0.05, 0) is 37.5 Å². The van der Waals surface area contributed by atoms with E-state index < -0.39 is 0 Å². The molecule has 2 nitrogen and oxygen atoms in total. The molecule has 0 aromatic rings. The van der Waals surface area contributed by atoms with E-state index in [1.54, 1.807) is 6.08 Å². The molecule has 1 rings (SSSR count). The summed E-state index contributed by atoms with van der Waals surface area (Å²) >= 11 is 0. The minimum atomic E-state index is -0.188. The number of hydrogen-bond acceptors (Lipinski definition) is 2. The Hall–Kier alpha value is -0.790. The molecule has 0 N–H and O–H groups in total. The number of rotatable bonds is 3. The van der Waals surface area contributed by atoms with Crippen molar-refractivity contribution in [1.29, 1.82) is 0 Å². The van der Waals surface area contributed by atoms with Crippen LogP contribution in [0.5, 0.6) is 0 Å². The van der Waals surface area contributed by atoms with Gasteiger partial charge in [0.25, 0.3) is 0 Å². The number of allylic oxidation sites excluding steroid dienone is 1. The maximum atomic E-state index is 11.5. The van der Waals surface area contributed by atoms with Gasteiger partial charge < -0.3 is 4.74 Å². The lowest BCUT2D eigenvalue weighted by Gasteiger charge is -2.36. The van der Waals surface area contributed by atoms with Crippen LogP contribution in [-0.2, 0) is 9.53 Å². The van der Waals surface area contributed by atoms with Gasteiger partial charge in [0.05, 0.1) is 0 Å². The topological polar surface area (TPSA) is 26.3 Å². The molecule has 16 heavy (non-hydrogen) atoms. The summed E-state index contributed by atoms with van der Waals surface area (Å²) in [6, 6.07) is 0. The second-order valence-electron chi connectivity index (χ2n) is 5.30. The summed E-state index contributed by atoms with van der Waals surface area (Å²) in [5, 5.41) is 0. The van der Waals surface area contributed by atoms with Gasteiger partial charge in [-0.25, -0.2) is 4.79 Å². The lowest BCUT2D eigenvalue weighted by Crippen LogP contribution is -2.35. The quantitative estimate of drug-likeness (QED) is 0.541. The molecule has 0 heterocycles. The third-order valence-corrected chi connectivity index (χ3v) is 3.53. The van der Waals surface area contributed by atoms with E-state index in [4.69, 9.17) is 4.74 Å². The molecule has 92 valence electrons. The summed E-state index contributed by atoms with van der Waals surface area (Å²) in [5.74, 6) is 1.62. The van der Waals surface area contributed by atoms with Crippen molar-refractivity contribution in [2.45, 2.75) is 53.1 Å². The minimum Gasteiger partial charge on any atom is -0.459 e. The average Bonchev–Trinajstić information content (AvgIpc) is 2.17. The molecular weight excluding hydrogens is 200 g/mol. The Labute approximate surface area is 99.1 Å². The van der Waals surface area contributed by atoms with Crippen LogP contribution < -0.4 is 0 Å². The number of esters is 1. The van der Waals surface area contributed by atoms with Gasteiger partial charge in [-0.3, -0.25) is 0 Å². The van der Waals surface area contributed by atoms with E-state index >= 15 is 0 Å². The smallest absolute Gasteiger partial charge is 0.330 e. The number of ether oxygens (including phenoxy) is 1. The molecule has 1 saturated carbocycles. The highest BCUT2D eigenvalue weighted by Crippen LogP contribution is 2.35. The molecule has 0 aromatic heterocycles. The fourth-order valence-corrected chi connectivity index (χ4v) is 2.57. The van der Waals surface area contributed by atoms with Crippen LogP contribution in [0.2, 0.25) is 0 Å². The first kappa shape index (κ1) is 13.3. The average molecular weight is 224 g/mol. The van der Waals surface area contributed by atoms with Crippen molar-refractivity contribution in [2.75, 3.05) is 0 Å². The normalized spacial score (nSPS) is 30.9. The molecule has 3 atom stereocenters. The number of carbonyl (C=O) groups is 1. The summed E-state index contributed by atoms with van der Waals surface area (Å²) in [4.78, 5) is 11.5. The zero-order valence-corrected chi connectivity index (χ0v) is 10.9. The molecule has 0 aromatic carbocycles. The lowest BCUT2D eigenvalue weighted by molar-refractivity contribution is -0.149. The third kappa shape index (κ3) is 3.66. The van der Waals surface area contributed by atoms with Gasteiger partial charge in [0, 0.05) is 6.08 Å². The van der Waals surface area contributed by atoms with Gasteiger partial charge in [-0.15, -0.1) is 0 Å². The molecule has 0 radical (unpaired) electrons. The Kier molecular flexibility index (Phi) is 5.04. The van der Waals surface area contributed by atoms with Crippen LogP contribution in [-0.4, -0.2) is 12.1 Å². The van der Waals surface area contributed by atoms with E-state index in [9.17, 15) is 4.79 Å². The highest BCUT2D eigenvalue weighted by Gasteiger charge is 2.32. The SMILES string of the molecule is CC=CC(=O)OC1CC(C)CCC1C(C)C. The van der Waals surface area contributed by atoms with E-state index in [2.05, 4.69) is 20.8 Å². The minimum absolute atomic E-state index is 0.118. The highest BCUT2D eigenvalue weighted by atomic mass is 16.5. The Morgan fingerprint density at radius 2 is 2.06 bits per heavy atom. The second-order valence-corrected chi connectivity index (χ2v) is 5.30. The number of hydrogen-bond donors (Lipinski definition) is 0. The maximum Gasteiger partial charge on any atom is 0.330 e. The summed E-state index contributed by atoms with van der Waals surface area (Å²) in [6.45, 7) is 8.52. The lowest BCUT2D eigenvalue weighted by atomic mass is 9.75.